The van der Waals surface area contributed by atoms with Gasteiger partial charge in [-0.25, -0.2) is 0 Å². The number of anilines is 2. The third kappa shape index (κ3) is 6.29. The topological polar surface area (TPSA) is 119 Å². The Kier molecular flexibility index (Phi) is 9.53. The maximum absolute atomic E-state index is 13.9. The zero-order valence-electron chi connectivity index (χ0n) is 24.7. The van der Waals surface area contributed by atoms with Crippen LogP contribution >= 0.6 is 15.9 Å². The van der Waals surface area contributed by atoms with Crippen molar-refractivity contribution in [2.75, 3.05) is 30.5 Å². The van der Waals surface area contributed by atoms with Crippen LogP contribution in [0.1, 0.15) is 47.7 Å². The van der Waals surface area contributed by atoms with Crippen molar-refractivity contribution in [2.24, 2.45) is 5.92 Å². The number of nitrogens with zero attached hydrogens (tertiary/aromatic N) is 2. The van der Waals surface area contributed by atoms with Crippen molar-refractivity contribution < 1.29 is 29.3 Å². The second-order valence-electron chi connectivity index (χ2n) is 11.2. The number of ether oxygens (including phenoxy) is 1. The van der Waals surface area contributed by atoms with Crippen LogP contribution in [-0.4, -0.2) is 59.1 Å². The molecule has 0 aromatic heterocycles. The quantitative estimate of drug-likeness (QED) is 0.263. The summed E-state index contributed by atoms with van der Waals surface area (Å²) in [6, 6.07) is 19.3. The van der Waals surface area contributed by atoms with Gasteiger partial charge in [0.1, 0.15) is 5.75 Å². The first kappa shape index (κ1) is 31.4. The second-order valence-corrected chi connectivity index (χ2v) is 12.1. The largest absolute Gasteiger partial charge is 0.497 e. The van der Waals surface area contributed by atoms with Crippen LogP contribution in [0.3, 0.4) is 0 Å². The zero-order chi connectivity index (χ0) is 31.4. The Balaban J connectivity index is 1.29. The number of nitrogens with one attached hydrogen (secondary N) is 1. The van der Waals surface area contributed by atoms with Crippen LogP contribution in [0.5, 0.6) is 5.75 Å². The fraction of sp³-hybridized carbons (Fsp3) is 0.324. The number of amides is 3. The summed E-state index contributed by atoms with van der Waals surface area (Å²) in [7, 11) is 1.57. The Bertz CT molecular complexity index is 1560. The van der Waals surface area contributed by atoms with E-state index in [1.54, 1.807) is 84.5 Å². The predicted octanol–water partition coefficient (Wildman–Crippen LogP) is 5.01. The normalized spacial score (nSPS) is 20.2. The van der Waals surface area contributed by atoms with Gasteiger partial charge in [0.2, 0.25) is 5.91 Å². The molecule has 1 fully saturated rings. The van der Waals surface area contributed by atoms with E-state index in [4.69, 9.17) is 4.74 Å². The molecule has 3 aromatic rings. The van der Waals surface area contributed by atoms with Crippen molar-refractivity contribution in [2.45, 2.75) is 44.4 Å². The van der Waals surface area contributed by atoms with Crippen molar-refractivity contribution in [3.63, 3.8) is 0 Å². The van der Waals surface area contributed by atoms with Gasteiger partial charge >= 0.3 is 0 Å². The van der Waals surface area contributed by atoms with E-state index in [1.165, 1.54) is 0 Å². The van der Waals surface area contributed by atoms with E-state index in [9.17, 15) is 24.6 Å². The zero-order valence-corrected chi connectivity index (χ0v) is 26.3. The summed E-state index contributed by atoms with van der Waals surface area (Å²) in [6.45, 7) is 2.56. The van der Waals surface area contributed by atoms with Crippen LogP contribution in [0.25, 0.3) is 0 Å². The number of carbonyl (C=O) groups excluding carboxylic acids is 3. The molecule has 3 aromatic carbocycles. The number of halogens is 1. The van der Waals surface area contributed by atoms with E-state index in [2.05, 4.69) is 21.2 Å². The summed E-state index contributed by atoms with van der Waals surface area (Å²) >= 11 is 3.48. The highest BCUT2D eigenvalue weighted by Crippen LogP contribution is 2.46. The van der Waals surface area contributed by atoms with Crippen molar-refractivity contribution in [1.82, 2.24) is 4.90 Å². The molecule has 0 aliphatic carbocycles. The Hall–Kier alpha value is -3.99. The van der Waals surface area contributed by atoms with Gasteiger partial charge in [-0.05, 0) is 73.0 Å². The fourth-order valence-corrected chi connectivity index (χ4v) is 6.24. The van der Waals surface area contributed by atoms with Crippen molar-refractivity contribution in [1.29, 1.82) is 0 Å². The number of aliphatic hydroxyl groups excluding tert-OH is 1. The summed E-state index contributed by atoms with van der Waals surface area (Å²) in [5.41, 5.74) is 1.19. The van der Waals surface area contributed by atoms with Gasteiger partial charge in [0.25, 0.3) is 11.8 Å². The summed E-state index contributed by atoms with van der Waals surface area (Å²) in [5.74, 6) is -0.743. The van der Waals surface area contributed by atoms with Crippen LogP contribution in [0, 0.1) is 5.92 Å². The molecule has 1 saturated heterocycles. The van der Waals surface area contributed by atoms with Gasteiger partial charge in [0, 0.05) is 40.2 Å². The number of aliphatic hydroxyl groups is 2. The van der Waals surface area contributed by atoms with Crippen LogP contribution in [0.15, 0.2) is 83.4 Å². The first-order valence-corrected chi connectivity index (χ1v) is 15.4. The van der Waals surface area contributed by atoms with Crippen LogP contribution in [-0.2, 0) is 21.7 Å². The molecule has 9 nitrogen and oxygen atoms in total. The minimum absolute atomic E-state index is 0.0529. The maximum Gasteiger partial charge on any atom is 0.264 e. The minimum atomic E-state index is -1.83. The highest BCUT2D eigenvalue weighted by atomic mass is 79.9. The maximum atomic E-state index is 13.9. The molecular weight excluding hydrogens is 626 g/mol. The first-order chi connectivity index (χ1) is 21.1. The van der Waals surface area contributed by atoms with Crippen LogP contribution in [0.4, 0.5) is 11.4 Å². The number of likely N-dealkylation sites (tertiary alicyclic amines) is 1. The number of methoxy groups -OCH3 is 1. The van der Waals surface area contributed by atoms with Crippen molar-refractivity contribution >= 4 is 45.0 Å². The Labute approximate surface area is 265 Å². The molecule has 0 unspecified atom stereocenters. The molecule has 230 valence electrons. The molecular formula is C34H36BrN3O6. The summed E-state index contributed by atoms with van der Waals surface area (Å²) in [5, 5.41) is 24.4. The Morgan fingerprint density at radius 3 is 2.55 bits per heavy atom. The van der Waals surface area contributed by atoms with Crippen LogP contribution < -0.4 is 15.0 Å². The van der Waals surface area contributed by atoms with Gasteiger partial charge in [-0.2, -0.15) is 0 Å². The molecule has 3 N–H and O–H groups in total. The van der Waals surface area contributed by atoms with Gasteiger partial charge in [-0.1, -0.05) is 47.1 Å². The number of rotatable bonds is 10. The molecule has 2 aliphatic rings. The van der Waals surface area contributed by atoms with E-state index >= 15 is 0 Å². The van der Waals surface area contributed by atoms with E-state index in [1.807, 2.05) is 18.2 Å². The number of hydrogen-bond donors (Lipinski definition) is 3. The van der Waals surface area contributed by atoms with E-state index in [0.29, 0.717) is 34.8 Å². The molecule has 5 rings (SSSR count). The molecule has 44 heavy (non-hydrogen) atoms. The van der Waals surface area contributed by atoms with Crippen molar-refractivity contribution in [3.05, 3.63) is 100 Å². The van der Waals surface area contributed by atoms with Gasteiger partial charge in [0.15, 0.2) is 5.60 Å². The monoisotopic (exact) mass is 661 g/mol. The summed E-state index contributed by atoms with van der Waals surface area (Å²) < 4.78 is 5.88. The summed E-state index contributed by atoms with van der Waals surface area (Å²) in [6.07, 6.45) is 5.20. The average Bonchev–Trinajstić information content (AvgIpc) is 3.60. The molecule has 10 heteroatoms. The first-order valence-electron chi connectivity index (χ1n) is 14.6. The lowest BCUT2D eigenvalue weighted by molar-refractivity contribution is -0.139. The molecule has 0 spiro atoms. The number of benzene rings is 3. The van der Waals surface area contributed by atoms with E-state index in [-0.39, 0.29) is 37.4 Å². The number of carbonyl (C=O) groups is 3. The minimum Gasteiger partial charge on any atom is -0.497 e. The van der Waals surface area contributed by atoms with E-state index < -0.39 is 17.4 Å². The highest BCUT2D eigenvalue weighted by Gasteiger charge is 2.52. The second kappa shape index (κ2) is 13.3. The van der Waals surface area contributed by atoms with Gasteiger partial charge < -0.3 is 30.1 Å². The lowest BCUT2D eigenvalue weighted by atomic mass is 9.83. The molecule has 0 saturated carbocycles. The smallest absolute Gasteiger partial charge is 0.264 e. The lowest BCUT2D eigenvalue weighted by Crippen LogP contribution is -2.44. The molecule has 0 bridgehead atoms. The SMILES string of the molecule is COc1ccc(C(=O)Nc2ccc(CN3C(=O)[C@@](O)([C@@H](C)/C=C/CC(=O)N4CCC[C@H]4CO)c4cc(Br)ccc43)cc2)cc1. The van der Waals surface area contributed by atoms with Crippen LogP contribution in [0.2, 0.25) is 0 Å². The fourth-order valence-electron chi connectivity index (χ4n) is 5.88. The molecule has 0 radical (unpaired) electrons. The molecule has 2 aliphatic heterocycles. The van der Waals surface area contributed by atoms with Gasteiger partial charge in [0.05, 0.1) is 32.0 Å². The molecule has 3 amide bonds. The third-order valence-electron chi connectivity index (χ3n) is 8.42. The Morgan fingerprint density at radius 1 is 1.14 bits per heavy atom. The molecule has 3 atom stereocenters. The van der Waals surface area contributed by atoms with Gasteiger partial charge in [-0.3, -0.25) is 14.4 Å². The number of fused-ring (bicyclic) bond motifs is 1. The molecule has 2 heterocycles. The van der Waals surface area contributed by atoms with Gasteiger partial charge in [-0.15, -0.1) is 0 Å². The van der Waals surface area contributed by atoms with Crippen molar-refractivity contribution in [3.8, 4) is 5.75 Å². The average molecular weight is 663 g/mol. The number of hydrogen-bond acceptors (Lipinski definition) is 6. The Morgan fingerprint density at radius 2 is 1.86 bits per heavy atom. The van der Waals surface area contributed by atoms with E-state index in [0.717, 1.165) is 22.9 Å². The lowest BCUT2D eigenvalue weighted by Gasteiger charge is -2.28. The highest BCUT2D eigenvalue weighted by molar-refractivity contribution is 9.10. The predicted molar refractivity (Wildman–Crippen MR) is 171 cm³/mol. The third-order valence-corrected chi connectivity index (χ3v) is 8.91. The summed E-state index contributed by atoms with van der Waals surface area (Å²) in [4.78, 5) is 42.6. The standard InChI is InChI=1S/C34H36BrN3O6/c1-22(5-3-7-31(40)37-18-4-6-27(37)21-39)34(43)29-19-25(35)12-17-30(29)38(33(34)42)20-23-8-13-26(14-9-23)36-32(41)24-10-15-28(44-2)16-11-24/h3,5,8-17,19,22,27,39,43H,4,6-7,18,20-21H2,1-2H3,(H,36,41)/b5-3+/t22-,27-,34+/m0/s1.